The van der Waals surface area contributed by atoms with E-state index in [1.165, 1.54) is 22.3 Å². The van der Waals surface area contributed by atoms with Crippen molar-refractivity contribution in [2.24, 2.45) is 11.7 Å². The third-order valence-electron chi connectivity index (χ3n) is 5.58. The standard InChI is InChI=1S/C26H31N5O5/c1-16(2)13-17-7-5-9-20-19(17)14-18(28-20)15-31-12-6-10-22(25(31)34)29-24(33)21(30-26(35)36)8-3-4-11-23(27)32/h4-7,9-12,14,16,21,28,30H,3,8,13,15H2,1-2H3,(H2,27,32)(H,29,33)(H,35,36). The number of carboxylic acid groups (broad SMARTS) is 1. The van der Waals surface area contributed by atoms with Crippen molar-refractivity contribution in [2.45, 2.75) is 45.7 Å². The number of allylic oxidation sites excluding steroid dienone is 1. The summed E-state index contributed by atoms with van der Waals surface area (Å²) in [5.74, 6) is -0.808. The minimum atomic E-state index is -1.38. The van der Waals surface area contributed by atoms with Crippen LogP contribution >= 0.6 is 0 Å². The number of fused-ring (bicyclic) bond motifs is 1. The van der Waals surface area contributed by atoms with Crippen molar-refractivity contribution in [1.82, 2.24) is 14.9 Å². The number of carbonyl (C=O) groups is 3. The van der Waals surface area contributed by atoms with Gasteiger partial charge in [0.2, 0.25) is 11.8 Å². The van der Waals surface area contributed by atoms with E-state index in [4.69, 9.17) is 10.8 Å². The summed E-state index contributed by atoms with van der Waals surface area (Å²) in [5, 5.41) is 14.9. The van der Waals surface area contributed by atoms with E-state index in [-0.39, 0.29) is 25.1 Å². The minimum Gasteiger partial charge on any atom is -0.465 e. The summed E-state index contributed by atoms with van der Waals surface area (Å²) in [4.78, 5) is 51.1. The number of benzene rings is 1. The minimum absolute atomic E-state index is 0.0315. The van der Waals surface area contributed by atoms with Gasteiger partial charge in [0.25, 0.3) is 5.56 Å². The molecule has 1 atom stereocenters. The van der Waals surface area contributed by atoms with E-state index in [9.17, 15) is 19.2 Å². The van der Waals surface area contributed by atoms with Gasteiger partial charge < -0.3 is 31.0 Å². The van der Waals surface area contributed by atoms with Gasteiger partial charge in [0.1, 0.15) is 11.7 Å². The van der Waals surface area contributed by atoms with Gasteiger partial charge in [-0.05, 0) is 61.1 Å². The number of carbonyl (C=O) groups excluding carboxylic acids is 2. The SMILES string of the molecule is CC(C)Cc1cccc2[nH]c(Cn3cccc(NC(=O)C(CCC=CC(N)=O)NC(=O)O)c3=O)cc12. The highest BCUT2D eigenvalue weighted by Gasteiger charge is 2.21. The van der Waals surface area contributed by atoms with Crippen LogP contribution in [0.15, 0.2) is 59.5 Å². The molecule has 0 aliphatic rings. The van der Waals surface area contributed by atoms with Crippen LogP contribution in [0.2, 0.25) is 0 Å². The van der Waals surface area contributed by atoms with Crippen LogP contribution < -0.4 is 21.9 Å². The highest BCUT2D eigenvalue weighted by molar-refractivity contribution is 5.96. The number of aromatic amines is 1. The summed E-state index contributed by atoms with van der Waals surface area (Å²) in [6, 6.07) is 10.1. The number of anilines is 1. The van der Waals surface area contributed by atoms with E-state index < -0.39 is 29.5 Å². The molecule has 2 aromatic heterocycles. The number of pyridine rings is 1. The van der Waals surface area contributed by atoms with Crippen LogP contribution in [-0.2, 0) is 22.6 Å². The molecule has 10 heteroatoms. The molecule has 0 fully saturated rings. The number of aromatic nitrogens is 2. The number of primary amides is 1. The molecule has 0 aliphatic carbocycles. The zero-order chi connectivity index (χ0) is 26.2. The predicted octanol–water partition coefficient (Wildman–Crippen LogP) is 2.97. The first-order valence-electron chi connectivity index (χ1n) is 11.7. The van der Waals surface area contributed by atoms with Gasteiger partial charge in [-0.25, -0.2) is 4.79 Å². The van der Waals surface area contributed by atoms with Crippen molar-refractivity contribution < 1.29 is 19.5 Å². The maximum Gasteiger partial charge on any atom is 0.405 e. The highest BCUT2D eigenvalue weighted by Crippen LogP contribution is 2.23. The van der Waals surface area contributed by atoms with Crippen LogP contribution in [-0.4, -0.2) is 38.6 Å². The molecular weight excluding hydrogens is 462 g/mol. The van der Waals surface area contributed by atoms with Crippen molar-refractivity contribution >= 4 is 34.5 Å². The van der Waals surface area contributed by atoms with E-state index >= 15 is 0 Å². The quantitative estimate of drug-likeness (QED) is 0.259. The Morgan fingerprint density at radius 1 is 1.19 bits per heavy atom. The molecule has 6 N–H and O–H groups in total. The Hall–Kier alpha value is -4.34. The Balaban J connectivity index is 1.77. The molecule has 36 heavy (non-hydrogen) atoms. The Bertz CT molecular complexity index is 1340. The van der Waals surface area contributed by atoms with Crippen LogP contribution in [0.1, 0.15) is 37.9 Å². The number of nitrogens with one attached hydrogen (secondary N) is 3. The van der Waals surface area contributed by atoms with Gasteiger partial charge in [0.05, 0.1) is 6.54 Å². The average Bonchev–Trinajstić information content (AvgIpc) is 3.21. The van der Waals surface area contributed by atoms with Crippen LogP contribution in [0, 0.1) is 5.92 Å². The van der Waals surface area contributed by atoms with Gasteiger partial charge in [-0.2, -0.15) is 0 Å². The van der Waals surface area contributed by atoms with Gasteiger partial charge in [0, 0.05) is 22.8 Å². The number of nitrogens with zero attached hydrogens (tertiary/aromatic N) is 1. The first-order chi connectivity index (χ1) is 17.1. The zero-order valence-corrected chi connectivity index (χ0v) is 20.3. The first-order valence-corrected chi connectivity index (χ1v) is 11.7. The van der Waals surface area contributed by atoms with Crippen LogP contribution in [0.25, 0.3) is 10.9 Å². The molecule has 1 unspecified atom stereocenters. The summed E-state index contributed by atoms with van der Waals surface area (Å²) in [5.41, 5.74) is 7.72. The topological polar surface area (TPSA) is 159 Å². The van der Waals surface area contributed by atoms with Crippen LogP contribution in [0.5, 0.6) is 0 Å². The van der Waals surface area contributed by atoms with Crippen molar-refractivity contribution in [2.75, 3.05) is 5.32 Å². The summed E-state index contributed by atoms with van der Waals surface area (Å²) in [6.07, 6.45) is 4.10. The lowest BCUT2D eigenvalue weighted by Gasteiger charge is -2.16. The molecule has 0 radical (unpaired) electrons. The van der Waals surface area contributed by atoms with Crippen molar-refractivity contribution in [3.8, 4) is 0 Å². The fourth-order valence-corrected chi connectivity index (χ4v) is 4.02. The molecule has 0 spiro atoms. The molecule has 3 rings (SSSR count). The van der Waals surface area contributed by atoms with Crippen molar-refractivity contribution in [1.29, 1.82) is 0 Å². The molecule has 190 valence electrons. The predicted molar refractivity (Wildman–Crippen MR) is 138 cm³/mol. The summed E-state index contributed by atoms with van der Waals surface area (Å²) < 4.78 is 1.47. The number of amides is 3. The summed E-state index contributed by atoms with van der Waals surface area (Å²) in [7, 11) is 0. The molecule has 0 saturated heterocycles. The Labute approximate surface area is 208 Å². The smallest absolute Gasteiger partial charge is 0.405 e. The summed E-state index contributed by atoms with van der Waals surface area (Å²) >= 11 is 0. The van der Waals surface area contributed by atoms with E-state index in [1.54, 1.807) is 12.3 Å². The lowest BCUT2D eigenvalue weighted by atomic mass is 10.00. The third-order valence-corrected chi connectivity index (χ3v) is 5.58. The Morgan fingerprint density at radius 2 is 1.97 bits per heavy atom. The van der Waals surface area contributed by atoms with Crippen molar-refractivity contribution in [3.63, 3.8) is 0 Å². The maximum atomic E-state index is 13.1. The van der Waals surface area contributed by atoms with Gasteiger partial charge in [0.15, 0.2) is 0 Å². The lowest BCUT2D eigenvalue weighted by Crippen LogP contribution is -2.44. The second-order valence-electron chi connectivity index (χ2n) is 9.00. The maximum absolute atomic E-state index is 13.1. The van der Waals surface area contributed by atoms with E-state index in [0.717, 1.165) is 29.1 Å². The molecular formula is C26H31N5O5. The molecule has 1 aromatic carbocycles. The number of rotatable bonds is 11. The van der Waals surface area contributed by atoms with Crippen LogP contribution in [0.3, 0.4) is 0 Å². The zero-order valence-electron chi connectivity index (χ0n) is 20.3. The average molecular weight is 494 g/mol. The first kappa shape index (κ1) is 26.3. The monoisotopic (exact) mass is 493 g/mol. The largest absolute Gasteiger partial charge is 0.465 e. The van der Waals surface area contributed by atoms with Gasteiger partial charge in [-0.3, -0.25) is 14.4 Å². The molecule has 2 heterocycles. The number of hydrogen-bond acceptors (Lipinski definition) is 4. The molecule has 3 amide bonds. The molecule has 3 aromatic rings. The molecule has 0 aliphatic heterocycles. The fourth-order valence-electron chi connectivity index (χ4n) is 4.02. The van der Waals surface area contributed by atoms with Gasteiger partial charge in [-0.1, -0.05) is 32.1 Å². The van der Waals surface area contributed by atoms with Gasteiger partial charge in [-0.15, -0.1) is 0 Å². The molecule has 0 bridgehead atoms. The van der Waals surface area contributed by atoms with E-state index in [1.807, 2.05) is 18.2 Å². The molecule has 0 saturated carbocycles. The Kier molecular flexibility index (Phi) is 8.66. The fraction of sp³-hybridized carbons (Fsp3) is 0.308. The molecule has 10 nitrogen and oxygen atoms in total. The summed E-state index contributed by atoms with van der Waals surface area (Å²) in [6.45, 7) is 4.60. The number of hydrogen-bond donors (Lipinski definition) is 5. The number of H-pyrrole nitrogens is 1. The second kappa shape index (κ2) is 11.9. The highest BCUT2D eigenvalue weighted by atomic mass is 16.4. The second-order valence-corrected chi connectivity index (χ2v) is 9.00. The van der Waals surface area contributed by atoms with Gasteiger partial charge >= 0.3 is 6.09 Å². The van der Waals surface area contributed by atoms with Crippen LogP contribution in [0.4, 0.5) is 10.5 Å². The number of nitrogens with two attached hydrogens (primary N) is 1. The third kappa shape index (κ3) is 7.08. The van der Waals surface area contributed by atoms with Crippen molar-refractivity contribution in [3.05, 3.63) is 76.4 Å². The van der Waals surface area contributed by atoms with E-state index in [0.29, 0.717) is 5.92 Å². The lowest BCUT2D eigenvalue weighted by molar-refractivity contribution is -0.118. The normalized spacial score (nSPS) is 12.2. The Morgan fingerprint density at radius 3 is 2.67 bits per heavy atom. The van der Waals surface area contributed by atoms with E-state index in [2.05, 4.69) is 35.5 Å².